The third-order valence-electron chi connectivity index (χ3n) is 4.11. The van der Waals surface area contributed by atoms with Gasteiger partial charge in [0.05, 0.1) is 0 Å². The van der Waals surface area contributed by atoms with Gasteiger partial charge in [-0.05, 0) is 49.4 Å². The average Bonchev–Trinajstić information content (AvgIpc) is 2.79. The molecule has 0 radical (unpaired) electrons. The summed E-state index contributed by atoms with van der Waals surface area (Å²) in [4.78, 5) is 2.55. The van der Waals surface area contributed by atoms with Crippen LogP contribution in [0.1, 0.15) is 42.9 Å². The maximum Gasteiger partial charge on any atom is 0.122 e. The van der Waals surface area contributed by atoms with Crippen LogP contribution in [-0.4, -0.2) is 23.8 Å². The summed E-state index contributed by atoms with van der Waals surface area (Å²) in [5.74, 6) is 1.04. The Kier molecular flexibility index (Phi) is 4.59. The van der Waals surface area contributed by atoms with Crippen LogP contribution in [0.3, 0.4) is 0 Å². The molecule has 1 atom stereocenters. The molecule has 0 aromatic heterocycles. The van der Waals surface area contributed by atoms with Crippen LogP contribution < -0.4 is 5.73 Å². The van der Waals surface area contributed by atoms with Crippen molar-refractivity contribution in [2.24, 2.45) is 11.7 Å². The molecule has 3 heteroatoms. The Hall–Kier alpha value is -1.35. The van der Waals surface area contributed by atoms with E-state index in [0.29, 0.717) is 0 Å². The monoisotopic (exact) mass is 259 g/mol. The van der Waals surface area contributed by atoms with Gasteiger partial charge in [-0.3, -0.25) is 10.3 Å². The van der Waals surface area contributed by atoms with Crippen LogP contribution in [0.25, 0.3) is 0 Å². The highest BCUT2D eigenvalue weighted by atomic mass is 15.1. The fourth-order valence-electron chi connectivity index (χ4n) is 2.98. The molecule has 1 aromatic rings. The molecule has 1 aliphatic heterocycles. The number of amidine groups is 1. The van der Waals surface area contributed by atoms with E-state index in [1.165, 1.54) is 43.5 Å². The fourth-order valence-corrected chi connectivity index (χ4v) is 2.98. The SMILES string of the molecule is CCCC1CCN(Cc2ccc(C(=N)N)cc2C)C1. The van der Waals surface area contributed by atoms with Crippen LogP contribution in [0.4, 0.5) is 0 Å². The summed E-state index contributed by atoms with van der Waals surface area (Å²) >= 11 is 0. The van der Waals surface area contributed by atoms with Crippen molar-refractivity contribution >= 4 is 5.84 Å². The second kappa shape index (κ2) is 6.20. The molecule has 1 aliphatic rings. The molecule has 1 aromatic carbocycles. The summed E-state index contributed by atoms with van der Waals surface area (Å²) in [7, 11) is 0. The lowest BCUT2D eigenvalue weighted by Crippen LogP contribution is -2.21. The first-order chi connectivity index (χ1) is 9.10. The van der Waals surface area contributed by atoms with Crippen molar-refractivity contribution in [3.63, 3.8) is 0 Å². The van der Waals surface area contributed by atoms with Gasteiger partial charge in [0.15, 0.2) is 0 Å². The number of hydrogen-bond donors (Lipinski definition) is 2. The number of nitrogens with one attached hydrogen (secondary N) is 1. The van der Waals surface area contributed by atoms with Crippen LogP contribution in [0.15, 0.2) is 18.2 Å². The molecule has 2 rings (SSSR count). The predicted octanol–water partition coefficient (Wildman–Crippen LogP) is 2.90. The number of nitrogen functional groups attached to an aromatic ring is 1. The molecule has 0 aliphatic carbocycles. The van der Waals surface area contributed by atoms with Gasteiger partial charge in [-0.25, -0.2) is 0 Å². The zero-order chi connectivity index (χ0) is 13.8. The molecule has 1 saturated heterocycles. The number of hydrogen-bond acceptors (Lipinski definition) is 2. The third kappa shape index (κ3) is 3.57. The average molecular weight is 259 g/mol. The zero-order valence-electron chi connectivity index (χ0n) is 12.1. The van der Waals surface area contributed by atoms with E-state index in [9.17, 15) is 0 Å². The van der Waals surface area contributed by atoms with Gasteiger partial charge in [0.1, 0.15) is 5.84 Å². The largest absolute Gasteiger partial charge is 0.384 e. The summed E-state index contributed by atoms with van der Waals surface area (Å²) in [5, 5.41) is 7.47. The zero-order valence-corrected chi connectivity index (χ0v) is 12.1. The van der Waals surface area contributed by atoms with Crippen molar-refractivity contribution < 1.29 is 0 Å². The van der Waals surface area contributed by atoms with Crippen molar-refractivity contribution in [3.05, 3.63) is 34.9 Å². The Balaban J connectivity index is 1.98. The second-order valence-corrected chi connectivity index (χ2v) is 5.73. The summed E-state index contributed by atoms with van der Waals surface area (Å²) in [5.41, 5.74) is 8.95. The lowest BCUT2D eigenvalue weighted by atomic mass is 10.0. The maximum atomic E-state index is 7.47. The van der Waals surface area contributed by atoms with Crippen LogP contribution in [0.2, 0.25) is 0 Å². The minimum absolute atomic E-state index is 0.152. The standard InChI is InChI=1S/C16H25N3/c1-3-4-13-7-8-19(10-13)11-15-6-5-14(16(17)18)9-12(15)2/h5-6,9,13H,3-4,7-8,10-11H2,1-2H3,(H3,17,18). The highest BCUT2D eigenvalue weighted by molar-refractivity contribution is 5.95. The predicted molar refractivity (Wildman–Crippen MR) is 80.5 cm³/mol. The Labute approximate surface area is 116 Å². The van der Waals surface area contributed by atoms with Crippen molar-refractivity contribution in [3.8, 4) is 0 Å². The number of benzene rings is 1. The molecule has 1 heterocycles. The minimum Gasteiger partial charge on any atom is -0.384 e. The fraction of sp³-hybridized carbons (Fsp3) is 0.562. The van der Waals surface area contributed by atoms with Crippen molar-refractivity contribution in [2.75, 3.05) is 13.1 Å². The number of aryl methyl sites for hydroxylation is 1. The minimum atomic E-state index is 0.152. The first-order valence-corrected chi connectivity index (χ1v) is 7.26. The molecule has 0 spiro atoms. The first-order valence-electron chi connectivity index (χ1n) is 7.26. The summed E-state index contributed by atoms with van der Waals surface area (Å²) in [6.07, 6.45) is 4.00. The van der Waals surface area contributed by atoms with Crippen molar-refractivity contribution in [1.82, 2.24) is 4.90 Å². The van der Waals surface area contributed by atoms with Gasteiger partial charge in [-0.15, -0.1) is 0 Å². The van der Waals surface area contributed by atoms with Gasteiger partial charge in [0.2, 0.25) is 0 Å². The quantitative estimate of drug-likeness (QED) is 0.631. The molecule has 3 nitrogen and oxygen atoms in total. The van der Waals surface area contributed by atoms with E-state index < -0.39 is 0 Å². The lowest BCUT2D eigenvalue weighted by Gasteiger charge is -2.18. The van der Waals surface area contributed by atoms with Gasteiger partial charge in [0, 0.05) is 18.7 Å². The third-order valence-corrected chi connectivity index (χ3v) is 4.11. The van der Waals surface area contributed by atoms with Gasteiger partial charge >= 0.3 is 0 Å². The number of nitrogens with two attached hydrogens (primary N) is 1. The van der Waals surface area contributed by atoms with Gasteiger partial charge < -0.3 is 5.73 Å². The smallest absolute Gasteiger partial charge is 0.122 e. The van der Waals surface area contributed by atoms with Crippen molar-refractivity contribution in [2.45, 2.75) is 39.7 Å². The number of nitrogens with zero attached hydrogens (tertiary/aromatic N) is 1. The van der Waals surface area contributed by atoms with Crippen molar-refractivity contribution in [1.29, 1.82) is 5.41 Å². The Morgan fingerprint density at radius 1 is 1.47 bits per heavy atom. The van der Waals surface area contributed by atoms with Gasteiger partial charge in [-0.2, -0.15) is 0 Å². The molecular weight excluding hydrogens is 234 g/mol. The Bertz CT molecular complexity index is 453. The molecule has 1 unspecified atom stereocenters. The van der Waals surface area contributed by atoms with Crippen LogP contribution in [0, 0.1) is 18.3 Å². The molecule has 1 fully saturated rings. The van der Waals surface area contributed by atoms with E-state index in [-0.39, 0.29) is 5.84 Å². The van der Waals surface area contributed by atoms with Crippen LogP contribution in [0.5, 0.6) is 0 Å². The lowest BCUT2D eigenvalue weighted by molar-refractivity contribution is 0.312. The second-order valence-electron chi connectivity index (χ2n) is 5.73. The summed E-state index contributed by atoms with van der Waals surface area (Å²) < 4.78 is 0. The van der Waals surface area contributed by atoms with Gasteiger partial charge in [0.25, 0.3) is 0 Å². The highest BCUT2D eigenvalue weighted by Gasteiger charge is 2.21. The molecule has 0 saturated carbocycles. The highest BCUT2D eigenvalue weighted by Crippen LogP contribution is 2.23. The molecule has 19 heavy (non-hydrogen) atoms. The van der Waals surface area contributed by atoms with Gasteiger partial charge in [-0.1, -0.05) is 25.5 Å². The van der Waals surface area contributed by atoms with Crippen LogP contribution in [-0.2, 0) is 6.54 Å². The van der Waals surface area contributed by atoms with E-state index >= 15 is 0 Å². The van der Waals surface area contributed by atoms with Crippen LogP contribution >= 0.6 is 0 Å². The molecule has 0 amide bonds. The molecule has 3 N–H and O–H groups in total. The van der Waals surface area contributed by atoms with E-state index in [1.807, 2.05) is 12.1 Å². The van der Waals surface area contributed by atoms with E-state index in [2.05, 4.69) is 24.8 Å². The van der Waals surface area contributed by atoms with E-state index in [1.54, 1.807) is 0 Å². The molecule has 0 bridgehead atoms. The molecular formula is C16H25N3. The van der Waals surface area contributed by atoms with E-state index in [0.717, 1.165) is 18.0 Å². The normalized spacial score (nSPS) is 19.8. The summed E-state index contributed by atoms with van der Waals surface area (Å²) in [6.45, 7) is 7.87. The number of likely N-dealkylation sites (tertiary alicyclic amines) is 1. The molecule has 104 valence electrons. The Morgan fingerprint density at radius 3 is 2.89 bits per heavy atom. The number of rotatable bonds is 5. The van der Waals surface area contributed by atoms with E-state index in [4.69, 9.17) is 11.1 Å². The Morgan fingerprint density at radius 2 is 2.26 bits per heavy atom. The topological polar surface area (TPSA) is 53.1 Å². The summed E-state index contributed by atoms with van der Waals surface area (Å²) in [6, 6.07) is 6.11. The maximum absolute atomic E-state index is 7.47. The first kappa shape index (κ1) is 14.1.